The molecular formula is C16H24O. The zero-order valence-corrected chi connectivity index (χ0v) is 11.5. The Bertz CT molecular complexity index is 377. The minimum atomic E-state index is -0.151. The van der Waals surface area contributed by atoms with Crippen molar-refractivity contribution < 1.29 is 4.79 Å². The van der Waals surface area contributed by atoms with Crippen molar-refractivity contribution in [1.29, 1.82) is 0 Å². The van der Waals surface area contributed by atoms with Crippen molar-refractivity contribution in [3.05, 3.63) is 34.9 Å². The maximum atomic E-state index is 10.8. The standard InChI is InChI=1S/C16H24O/c1-13-8-9-14(2)15(11-13)7-5-6-10-16(3,4)12-17/h8-9,11-12H,5-7,10H2,1-4H3. The number of aryl methyl sites for hydroxylation is 3. The van der Waals surface area contributed by atoms with Gasteiger partial charge in [-0.15, -0.1) is 0 Å². The van der Waals surface area contributed by atoms with E-state index in [1.807, 2.05) is 13.8 Å². The van der Waals surface area contributed by atoms with Crippen LogP contribution in [0.2, 0.25) is 0 Å². The summed E-state index contributed by atoms with van der Waals surface area (Å²) in [7, 11) is 0. The molecule has 0 unspecified atom stereocenters. The number of hydrogen-bond donors (Lipinski definition) is 0. The Labute approximate surface area is 105 Å². The van der Waals surface area contributed by atoms with Gasteiger partial charge in [0.2, 0.25) is 0 Å². The Hall–Kier alpha value is -1.11. The summed E-state index contributed by atoms with van der Waals surface area (Å²) in [5.74, 6) is 0. The van der Waals surface area contributed by atoms with Crippen LogP contribution in [-0.4, -0.2) is 6.29 Å². The van der Waals surface area contributed by atoms with Crippen molar-refractivity contribution in [1.82, 2.24) is 0 Å². The molecule has 1 aromatic carbocycles. The van der Waals surface area contributed by atoms with Crippen molar-refractivity contribution in [3.63, 3.8) is 0 Å². The smallest absolute Gasteiger partial charge is 0.125 e. The van der Waals surface area contributed by atoms with E-state index < -0.39 is 0 Å². The molecule has 0 spiro atoms. The van der Waals surface area contributed by atoms with E-state index in [4.69, 9.17) is 0 Å². The van der Waals surface area contributed by atoms with Gasteiger partial charge < -0.3 is 4.79 Å². The Kier molecular flexibility index (Phi) is 4.92. The van der Waals surface area contributed by atoms with Crippen LogP contribution in [0.4, 0.5) is 0 Å². The average molecular weight is 232 g/mol. The molecule has 0 atom stereocenters. The zero-order chi connectivity index (χ0) is 12.9. The van der Waals surface area contributed by atoms with Gasteiger partial charge in [0, 0.05) is 5.41 Å². The van der Waals surface area contributed by atoms with E-state index in [9.17, 15) is 4.79 Å². The molecule has 0 amide bonds. The highest BCUT2D eigenvalue weighted by atomic mass is 16.1. The molecular weight excluding hydrogens is 208 g/mol. The van der Waals surface area contributed by atoms with E-state index in [-0.39, 0.29) is 5.41 Å². The summed E-state index contributed by atoms with van der Waals surface area (Å²) in [6.07, 6.45) is 5.48. The van der Waals surface area contributed by atoms with E-state index in [0.717, 1.165) is 25.5 Å². The summed E-state index contributed by atoms with van der Waals surface area (Å²) >= 11 is 0. The van der Waals surface area contributed by atoms with Gasteiger partial charge in [0.1, 0.15) is 6.29 Å². The van der Waals surface area contributed by atoms with Gasteiger partial charge in [0.15, 0.2) is 0 Å². The summed E-state index contributed by atoms with van der Waals surface area (Å²) in [6, 6.07) is 6.63. The lowest BCUT2D eigenvalue weighted by molar-refractivity contribution is -0.115. The monoisotopic (exact) mass is 232 g/mol. The number of aldehydes is 1. The molecule has 0 aliphatic carbocycles. The maximum absolute atomic E-state index is 10.8. The van der Waals surface area contributed by atoms with E-state index >= 15 is 0 Å². The lowest BCUT2D eigenvalue weighted by Crippen LogP contribution is -2.12. The molecule has 1 nitrogen and oxygen atoms in total. The second-order valence-electron chi connectivity index (χ2n) is 5.74. The van der Waals surface area contributed by atoms with E-state index in [0.29, 0.717) is 0 Å². The van der Waals surface area contributed by atoms with Gasteiger partial charge >= 0.3 is 0 Å². The molecule has 94 valence electrons. The van der Waals surface area contributed by atoms with Crippen LogP contribution in [0.25, 0.3) is 0 Å². The largest absolute Gasteiger partial charge is 0.303 e. The van der Waals surface area contributed by atoms with E-state index in [1.54, 1.807) is 0 Å². The fourth-order valence-corrected chi connectivity index (χ4v) is 2.02. The highest BCUT2D eigenvalue weighted by Crippen LogP contribution is 2.21. The Morgan fingerprint density at radius 2 is 1.88 bits per heavy atom. The van der Waals surface area contributed by atoms with Crippen LogP contribution in [-0.2, 0) is 11.2 Å². The molecule has 0 N–H and O–H groups in total. The van der Waals surface area contributed by atoms with Crippen molar-refractivity contribution in [2.75, 3.05) is 0 Å². The van der Waals surface area contributed by atoms with Gasteiger partial charge in [0.25, 0.3) is 0 Å². The lowest BCUT2D eigenvalue weighted by atomic mass is 9.88. The molecule has 0 heterocycles. The van der Waals surface area contributed by atoms with Crippen molar-refractivity contribution >= 4 is 6.29 Å². The molecule has 17 heavy (non-hydrogen) atoms. The average Bonchev–Trinajstić information content (AvgIpc) is 2.29. The van der Waals surface area contributed by atoms with Crippen LogP contribution in [0.1, 0.15) is 49.8 Å². The predicted octanol–water partition coefficient (Wildman–Crippen LogP) is 4.24. The van der Waals surface area contributed by atoms with Crippen LogP contribution in [0.15, 0.2) is 18.2 Å². The van der Waals surface area contributed by atoms with Gasteiger partial charge in [0.05, 0.1) is 0 Å². The number of hydrogen-bond acceptors (Lipinski definition) is 1. The molecule has 0 radical (unpaired) electrons. The second-order valence-corrected chi connectivity index (χ2v) is 5.74. The Morgan fingerprint density at radius 1 is 1.18 bits per heavy atom. The molecule has 0 aromatic heterocycles. The molecule has 1 heteroatoms. The number of carbonyl (C=O) groups is 1. The quantitative estimate of drug-likeness (QED) is 0.529. The highest BCUT2D eigenvalue weighted by Gasteiger charge is 2.15. The predicted molar refractivity (Wildman–Crippen MR) is 73.3 cm³/mol. The number of carbonyl (C=O) groups excluding carboxylic acids is 1. The first kappa shape index (κ1) is 14.0. The van der Waals surface area contributed by atoms with Crippen LogP contribution in [0.3, 0.4) is 0 Å². The van der Waals surface area contributed by atoms with Crippen LogP contribution < -0.4 is 0 Å². The van der Waals surface area contributed by atoms with E-state index in [1.165, 1.54) is 23.1 Å². The molecule has 0 saturated heterocycles. The van der Waals surface area contributed by atoms with Gasteiger partial charge in [-0.05, 0) is 44.2 Å². The second kappa shape index (κ2) is 6.00. The molecule has 0 fully saturated rings. The van der Waals surface area contributed by atoms with Gasteiger partial charge in [-0.3, -0.25) is 0 Å². The topological polar surface area (TPSA) is 17.1 Å². The van der Waals surface area contributed by atoms with Gasteiger partial charge in [-0.1, -0.05) is 44.0 Å². The van der Waals surface area contributed by atoms with Crippen LogP contribution in [0.5, 0.6) is 0 Å². The summed E-state index contributed by atoms with van der Waals surface area (Å²) in [5, 5.41) is 0. The summed E-state index contributed by atoms with van der Waals surface area (Å²) in [4.78, 5) is 10.8. The molecule has 0 bridgehead atoms. The zero-order valence-electron chi connectivity index (χ0n) is 11.5. The highest BCUT2D eigenvalue weighted by molar-refractivity contribution is 5.57. The number of benzene rings is 1. The first-order valence-electron chi connectivity index (χ1n) is 6.47. The third kappa shape index (κ3) is 4.72. The Balaban J connectivity index is 2.41. The van der Waals surface area contributed by atoms with Crippen molar-refractivity contribution in [2.45, 2.75) is 53.4 Å². The molecule has 1 rings (SSSR count). The van der Waals surface area contributed by atoms with Crippen molar-refractivity contribution in [3.8, 4) is 0 Å². The normalized spacial score (nSPS) is 11.5. The van der Waals surface area contributed by atoms with Crippen molar-refractivity contribution in [2.24, 2.45) is 5.41 Å². The number of unbranched alkanes of at least 4 members (excludes halogenated alkanes) is 1. The summed E-state index contributed by atoms with van der Waals surface area (Å²) < 4.78 is 0. The molecule has 1 aromatic rings. The minimum Gasteiger partial charge on any atom is -0.303 e. The van der Waals surface area contributed by atoms with Gasteiger partial charge in [-0.25, -0.2) is 0 Å². The molecule has 0 aliphatic rings. The SMILES string of the molecule is Cc1ccc(C)c(CCCCC(C)(C)C=O)c1. The van der Waals surface area contributed by atoms with Gasteiger partial charge in [-0.2, -0.15) is 0 Å². The Morgan fingerprint density at radius 3 is 2.53 bits per heavy atom. The fraction of sp³-hybridized carbons (Fsp3) is 0.562. The third-order valence-corrected chi connectivity index (χ3v) is 3.34. The van der Waals surface area contributed by atoms with Crippen LogP contribution >= 0.6 is 0 Å². The summed E-state index contributed by atoms with van der Waals surface area (Å²) in [6.45, 7) is 8.33. The third-order valence-electron chi connectivity index (χ3n) is 3.34. The first-order chi connectivity index (χ1) is 7.94. The van der Waals surface area contributed by atoms with E-state index in [2.05, 4.69) is 32.0 Å². The fourth-order valence-electron chi connectivity index (χ4n) is 2.02. The summed E-state index contributed by atoms with van der Waals surface area (Å²) in [5.41, 5.74) is 4.01. The first-order valence-corrected chi connectivity index (χ1v) is 6.47. The number of rotatable bonds is 6. The lowest BCUT2D eigenvalue weighted by Gasteiger charge is -2.16. The minimum absolute atomic E-state index is 0.151. The van der Waals surface area contributed by atoms with Crippen LogP contribution in [0, 0.1) is 19.3 Å². The molecule has 0 aliphatic heterocycles. The maximum Gasteiger partial charge on any atom is 0.125 e. The molecule has 0 saturated carbocycles.